The van der Waals surface area contributed by atoms with Crippen molar-refractivity contribution in [1.82, 2.24) is 4.57 Å². The monoisotopic (exact) mass is 597 g/mol. The number of rotatable bonds is 5. The molecule has 0 saturated heterocycles. The molecular formula is C28H28IN3O2S. The van der Waals surface area contributed by atoms with Crippen molar-refractivity contribution < 1.29 is 33.0 Å². The second-order valence-electron chi connectivity index (χ2n) is 8.06. The average molecular weight is 598 g/mol. The average Bonchev–Trinajstić information content (AvgIpc) is 3.38. The standard InChI is InChI=1S/C28H28N3O2S.HI/c1-4-29-18-17-20(21-11-7-8-12-22(21)29)15-16-25-28(32)31(6-3)27(34-25)19-26-30(5-2)23-13-9-10-14-24(23)33-26;/h7-19H,4-6H2,1-3H3;1H/q+1;/p-1/b20-15+,25-16?;. The van der Waals surface area contributed by atoms with E-state index in [0.29, 0.717) is 11.1 Å². The molecule has 0 radical (unpaired) electrons. The molecule has 0 amide bonds. The van der Waals surface area contributed by atoms with E-state index in [1.54, 1.807) is 0 Å². The molecule has 2 aromatic carbocycles. The van der Waals surface area contributed by atoms with E-state index in [2.05, 4.69) is 65.9 Å². The number of para-hydroxylation sites is 3. The van der Waals surface area contributed by atoms with Crippen molar-refractivity contribution in [1.29, 1.82) is 0 Å². The molecule has 0 saturated carbocycles. The van der Waals surface area contributed by atoms with Gasteiger partial charge in [0.15, 0.2) is 0 Å². The third-order valence-electron chi connectivity index (χ3n) is 6.17. The Kier molecular flexibility index (Phi) is 7.76. The zero-order valence-corrected chi connectivity index (χ0v) is 23.0. The lowest BCUT2D eigenvalue weighted by molar-refractivity contribution is -0.674. The number of aromatic nitrogens is 2. The summed E-state index contributed by atoms with van der Waals surface area (Å²) in [6, 6.07) is 16.4. The van der Waals surface area contributed by atoms with E-state index in [4.69, 9.17) is 4.42 Å². The maximum atomic E-state index is 13.2. The Hall–Kier alpha value is -2.91. The van der Waals surface area contributed by atoms with Crippen LogP contribution in [-0.2, 0) is 13.1 Å². The number of halogens is 1. The minimum Gasteiger partial charge on any atom is -1.00 e. The van der Waals surface area contributed by atoms with Gasteiger partial charge >= 0.3 is 5.89 Å². The van der Waals surface area contributed by atoms with Gasteiger partial charge in [0.25, 0.3) is 11.1 Å². The van der Waals surface area contributed by atoms with Gasteiger partial charge in [0.2, 0.25) is 5.58 Å². The summed E-state index contributed by atoms with van der Waals surface area (Å²) < 4.78 is 11.7. The molecule has 0 fully saturated rings. The highest BCUT2D eigenvalue weighted by molar-refractivity contribution is 7.07. The molecule has 2 aromatic heterocycles. The molecule has 1 aliphatic heterocycles. The third-order valence-corrected chi connectivity index (χ3v) is 7.24. The number of nitrogens with zero attached hydrogens (tertiary/aromatic N) is 3. The van der Waals surface area contributed by atoms with Gasteiger partial charge in [-0.3, -0.25) is 9.36 Å². The molecule has 0 N–H and O–H groups in total. The topological polar surface area (TPSA) is 42.3 Å². The second-order valence-corrected chi connectivity index (χ2v) is 9.12. The van der Waals surface area contributed by atoms with Crippen LogP contribution in [0.3, 0.4) is 0 Å². The van der Waals surface area contributed by atoms with Crippen LogP contribution in [0.2, 0.25) is 0 Å². The van der Waals surface area contributed by atoms with Crippen LogP contribution < -0.4 is 48.2 Å². The minimum atomic E-state index is 0. The normalized spacial score (nSPS) is 15.2. The summed E-state index contributed by atoms with van der Waals surface area (Å²) >= 11 is 1.50. The summed E-state index contributed by atoms with van der Waals surface area (Å²) in [4.78, 5) is 15.4. The third kappa shape index (κ3) is 4.67. The van der Waals surface area contributed by atoms with Crippen LogP contribution in [0.15, 0.2) is 76.1 Å². The van der Waals surface area contributed by atoms with E-state index in [1.165, 1.54) is 22.6 Å². The molecule has 180 valence electrons. The Labute approximate surface area is 225 Å². The number of aryl methyl sites for hydroxylation is 1. The molecule has 0 aliphatic carbocycles. The van der Waals surface area contributed by atoms with Crippen molar-refractivity contribution in [2.75, 3.05) is 11.4 Å². The Bertz CT molecular complexity index is 1610. The van der Waals surface area contributed by atoms with Gasteiger partial charge in [0, 0.05) is 36.6 Å². The number of allylic oxidation sites excluding steroid dienone is 3. The number of benzene rings is 2. The van der Waals surface area contributed by atoms with E-state index in [9.17, 15) is 4.79 Å². The van der Waals surface area contributed by atoms with Crippen LogP contribution in [0.1, 0.15) is 32.2 Å². The molecule has 7 heteroatoms. The molecule has 5 nitrogen and oxygen atoms in total. The number of thiazole rings is 1. The smallest absolute Gasteiger partial charge is 0.377 e. The zero-order valence-electron chi connectivity index (χ0n) is 20.1. The lowest BCUT2D eigenvalue weighted by Gasteiger charge is -2.26. The highest BCUT2D eigenvalue weighted by atomic mass is 127. The predicted molar refractivity (Wildman–Crippen MR) is 140 cm³/mol. The highest BCUT2D eigenvalue weighted by Gasteiger charge is 2.19. The quantitative estimate of drug-likeness (QED) is 0.255. The molecule has 3 heterocycles. The first-order valence-electron chi connectivity index (χ1n) is 11.7. The van der Waals surface area contributed by atoms with Crippen molar-refractivity contribution in [3.63, 3.8) is 0 Å². The van der Waals surface area contributed by atoms with Gasteiger partial charge in [-0.1, -0.05) is 36.4 Å². The van der Waals surface area contributed by atoms with E-state index < -0.39 is 0 Å². The molecule has 1 aliphatic rings. The van der Waals surface area contributed by atoms with Gasteiger partial charge in [-0.15, -0.1) is 11.3 Å². The van der Waals surface area contributed by atoms with E-state index in [-0.39, 0.29) is 29.5 Å². The number of anilines is 1. The van der Waals surface area contributed by atoms with Gasteiger partial charge in [0.1, 0.15) is 11.2 Å². The van der Waals surface area contributed by atoms with Crippen LogP contribution in [0.5, 0.6) is 0 Å². The van der Waals surface area contributed by atoms with Crippen LogP contribution in [0.4, 0.5) is 5.69 Å². The summed E-state index contributed by atoms with van der Waals surface area (Å²) in [6.07, 6.45) is 10.2. The number of hydrogen-bond acceptors (Lipinski definition) is 4. The number of oxazole rings is 1. The summed E-state index contributed by atoms with van der Waals surface area (Å²) in [5, 5.41) is 0. The molecule has 5 rings (SSSR count). The van der Waals surface area contributed by atoms with Crippen LogP contribution in [0, 0.1) is 0 Å². The van der Waals surface area contributed by atoms with Gasteiger partial charge in [-0.2, -0.15) is 4.57 Å². The lowest BCUT2D eigenvalue weighted by atomic mass is 9.99. The van der Waals surface area contributed by atoms with Crippen molar-refractivity contribution >= 4 is 45.8 Å². The number of hydrogen-bond donors (Lipinski definition) is 0. The molecule has 0 atom stereocenters. The van der Waals surface area contributed by atoms with Gasteiger partial charge < -0.3 is 33.3 Å². The molecule has 4 aromatic rings. The Morgan fingerprint density at radius 3 is 2.54 bits per heavy atom. The Morgan fingerprint density at radius 1 is 1.00 bits per heavy atom. The fraction of sp³-hybridized carbons (Fsp3) is 0.214. The maximum absolute atomic E-state index is 13.2. The fourth-order valence-electron chi connectivity index (χ4n) is 4.44. The Balaban J connectivity index is 0.00000289. The molecule has 35 heavy (non-hydrogen) atoms. The summed E-state index contributed by atoms with van der Waals surface area (Å²) in [6.45, 7) is 8.54. The second kappa shape index (κ2) is 10.8. The van der Waals surface area contributed by atoms with E-state index in [1.807, 2.05) is 47.9 Å². The van der Waals surface area contributed by atoms with Crippen LogP contribution >= 0.6 is 11.3 Å². The molecule has 0 bridgehead atoms. The molecule has 0 spiro atoms. The fourth-order valence-corrected chi connectivity index (χ4v) is 5.48. The van der Waals surface area contributed by atoms with Crippen molar-refractivity contribution in [3.8, 4) is 0 Å². The first-order chi connectivity index (χ1) is 16.6. The Morgan fingerprint density at radius 2 is 1.77 bits per heavy atom. The number of fused-ring (bicyclic) bond motifs is 2. The first-order valence-corrected chi connectivity index (χ1v) is 12.5. The summed E-state index contributed by atoms with van der Waals surface area (Å²) in [5.41, 5.74) is 5.39. The maximum Gasteiger partial charge on any atom is 0.377 e. The van der Waals surface area contributed by atoms with E-state index >= 15 is 0 Å². The SMILES string of the molecule is CCN1C=C/C(=C\C=c2sc(=Cc3oc4ccccc4[n+]3CC)n(CC)c2=O)c2ccccc21.[I-]. The minimum absolute atomic E-state index is 0. The van der Waals surface area contributed by atoms with Gasteiger partial charge in [0.05, 0.1) is 10.6 Å². The molecule has 0 unspecified atom stereocenters. The van der Waals surface area contributed by atoms with Crippen molar-refractivity contribution in [2.24, 2.45) is 0 Å². The molecular weight excluding hydrogens is 569 g/mol. The van der Waals surface area contributed by atoms with Crippen molar-refractivity contribution in [3.05, 3.63) is 97.9 Å². The zero-order chi connectivity index (χ0) is 23.7. The predicted octanol–water partition coefficient (Wildman–Crippen LogP) is 1.03. The highest BCUT2D eigenvalue weighted by Crippen LogP contribution is 2.32. The van der Waals surface area contributed by atoms with Crippen LogP contribution in [0.25, 0.3) is 28.8 Å². The summed E-state index contributed by atoms with van der Waals surface area (Å²) in [7, 11) is 0. The van der Waals surface area contributed by atoms with Crippen molar-refractivity contribution in [2.45, 2.75) is 33.9 Å². The first kappa shape index (κ1) is 25.2. The largest absolute Gasteiger partial charge is 1.00 e. The summed E-state index contributed by atoms with van der Waals surface area (Å²) in [5.74, 6) is 0.751. The van der Waals surface area contributed by atoms with Gasteiger partial charge in [-0.25, -0.2) is 0 Å². The lowest BCUT2D eigenvalue weighted by Crippen LogP contribution is -3.00. The van der Waals surface area contributed by atoms with Crippen LogP contribution in [-0.4, -0.2) is 11.1 Å². The van der Waals surface area contributed by atoms with E-state index in [0.717, 1.165) is 40.3 Å². The van der Waals surface area contributed by atoms with Gasteiger partial charge in [-0.05, 0) is 50.6 Å².